The number of hydrogen-bond donors (Lipinski definition) is 2. The molecule has 11 heteroatoms. The van der Waals surface area contributed by atoms with Gasteiger partial charge in [-0.05, 0) is 48.9 Å². The van der Waals surface area contributed by atoms with Crippen LogP contribution in [0, 0.1) is 6.92 Å². The molecule has 0 amide bonds. The molecule has 0 saturated carbocycles. The molecule has 0 aliphatic heterocycles. The summed E-state index contributed by atoms with van der Waals surface area (Å²) in [5.74, 6) is -0.353. The summed E-state index contributed by atoms with van der Waals surface area (Å²) in [6, 6.07) is 13.6. The first kappa shape index (κ1) is 21.0. The number of rotatable bonds is 7. The average Bonchev–Trinajstić information content (AvgIpc) is 2.63. The van der Waals surface area contributed by atoms with E-state index in [0.717, 1.165) is 0 Å². The molecule has 0 unspecified atom stereocenters. The Bertz CT molecular complexity index is 1230. The first-order valence-corrected chi connectivity index (χ1v) is 11.8. The van der Waals surface area contributed by atoms with Crippen LogP contribution >= 0.6 is 11.6 Å². The van der Waals surface area contributed by atoms with Crippen molar-refractivity contribution in [2.24, 2.45) is 0 Å². The van der Waals surface area contributed by atoms with Gasteiger partial charge in [-0.2, -0.15) is 0 Å². The number of aryl methyl sites for hydroxylation is 1. The molecular weight excluding hydrogens is 436 g/mol. The third kappa shape index (κ3) is 5.66. The van der Waals surface area contributed by atoms with Gasteiger partial charge in [0.05, 0.1) is 10.6 Å². The Hall–Kier alpha value is -2.69. The number of nitrogens with zero attached hydrogens (tertiary/aromatic N) is 2. The second-order valence-corrected chi connectivity index (χ2v) is 9.92. The summed E-state index contributed by atoms with van der Waals surface area (Å²) >= 11 is 6.00. The lowest BCUT2D eigenvalue weighted by Gasteiger charge is -2.10. The van der Waals surface area contributed by atoms with Crippen molar-refractivity contribution in [2.75, 3.05) is 9.44 Å². The minimum atomic E-state index is -3.91. The van der Waals surface area contributed by atoms with E-state index in [2.05, 4.69) is 19.4 Å². The Morgan fingerprint density at radius 2 is 1.62 bits per heavy atom. The van der Waals surface area contributed by atoms with E-state index in [4.69, 9.17) is 11.6 Å². The number of benzene rings is 2. The first-order chi connectivity index (χ1) is 13.6. The zero-order valence-electron chi connectivity index (χ0n) is 15.2. The van der Waals surface area contributed by atoms with Gasteiger partial charge < -0.3 is 0 Å². The van der Waals surface area contributed by atoms with E-state index in [9.17, 15) is 16.8 Å². The van der Waals surface area contributed by atoms with Gasteiger partial charge in [0.25, 0.3) is 10.0 Å². The number of halogens is 1. The topological polar surface area (TPSA) is 118 Å². The second kappa shape index (κ2) is 8.36. The minimum Gasteiger partial charge on any atom is -0.283 e. The highest BCUT2D eigenvalue weighted by atomic mass is 35.5. The molecule has 0 fully saturated rings. The molecule has 3 aromatic rings. The van der Waals surface area contributed by atoms with Crippen LogP contribution < -0.4 is 9.44 Å². The fourth-order valence-electron chi connectivity index (χ4n) is 2.42. The Morgan fingerprint density at radius 1 is 0.931 bits per heavy atom. The Labute approximate surface area is 174 Å². The van der Waals surface area contributed by atoms with E-state index >= 15 is 0 Å². The average molecular weight is 453 g/mol. The van der Waals surface area contributed by atoms with Crippen molar-refractivity contribution in [3.8, 4) is 0 Å². The Kier molecular flexibility index (Phi) is 6.06. The van der Waals surface area contributed by atoms with Crippen molar-refractivity contribution in [2.45, 2.75) is 17.6 Å². The van der Waals surface area contributed by atoms with Crippen LogP contribution in [0.3, 0.4) is 0 Å². The highest BCUT2D eigenvalue weighted by Crippen LogP contribution is 2.21. The van der Waals surface area contributed by atoms with Crippen LogP contribution in [0.5, 0.6) is 0 Å². The van der Waals surface area contributed by atoms with Gasteiger partial charge in [0, 0.05) is 22.6 Å². The van der Waals surface area contributed by atoms with Gasteiger partial charge in [0.1, 0.15) is 0 Å². The zero-order chi connectivity index (χ0) is 21.1. The molecular formula is C18H17ClN4O4S2. The highest BCUT2D eigenvalue weighted by molar-refractivity contribution is 7.92. The number of nitrogens with one attached hydrogen (secondary N) is 2. The van der Waals surface area contributed by atoms with E-state index in [0.29, 0.717) is 16.3 Å². The summed E-state index contributed by atoms with van der Waals surface area (Å²) in [6.07, 6.45) is 1.44. The van der Waals surface area contributed by atoms with Crippen LogP contribution in [0.1, 0.15) is 11.3 Å². The zero-order valence-corrected chi connectivity index (χ0v) is 17.6. The Balaban J connectivity index is 1.73. The quantitative estimate of drug-likeness (QED) is 0.568. The van der Waals surface area contributed by atoms with Crippen LogP contribution in [0.25, 0.3) is 0 Å². The molecule has 0 aliphatic rings. The van der Waals surface area contributed by atoms with Crippen LogP contribution in [-0.2, 0) is 25.8 Å². The lowest BCUT2D eigenvalue weighted by atomic mass is 10.2. The minimum absolute atomic E-state index is 0.0467. The third-order valence-electron chi connectivity index (χ3n) is 3.76. The highest BCUT2D eigenvalue weighted by Gasteiger charge is 2.17. The molecule has 2 aromatic carbocycles. The van der Waals surface area contributed by atoms with Crippen molar-refractivity contribution < 1.29 is 16.8 Å². The van der Waals surface area contributed by atoms with Gasteiger partial charge >= 0.3 is 0 Å². The van der Waals surface area contributed by atoms with Gasteiger partial charge in [-0.1, -0.05) is 29.8 Å². The molecule has 0 aliphatic carbocycles. The van der Waals surface area contributed by atoms with Crippen molar-refractivity contribution in [1.29, 1.82) is 0 Å². The first-order valence-electron chi connectivity index (χ1n) is 8.31. The Morgan fingerprint density at radius 3 is 2.28 bits per heavy atom. The molecule has 1 heterocycles. The van der Waals surface area contributed by atoms with Crippen molar-refractivity contribution in [3.05, 3.63) is 77.1 Å². The molecule has 1 aromatic heterocycles. The summed E-state index contributed by atoms with van der Waals surface area (Å²) in [4.78, 5) is 7.79. The number of hydrogen-bond acceptors (Lipinski definition) is 6. The van der Waals surface area contributed by atoms with Crippen LogP contribution in [-0.4, -0.2) is 26.8 Å². The van der Waals surface area contributed by atoms with E-state index < -0.39 is 20.0 Å². The lowest BCUT2D eigenvalue weighted by molar-refractivity contribution is 0.599. The standard InChI is InChI=1S/C18H17ClN4O4S2/c1-13-10-11-20-18(21-13)23-29(26,27)16-8-6-15(7-9-16)22-28(24,25)12-14-4-2-3-5-17(14)19/h2-11,22H,12H2,1H3,(H,20,21,23). The molecule has 29 heavy (non-hydrogen) atoms. The van der Waals surface area contributed by atoms with Crippen LogP contribution in [0.4, 0.5) is 11.6 Å². The van der Waals surface area contributed by atoms with E-state index in [1.807, 2.05) is 0 Å². The van der Waals surface area contributed by atoms with Gasteiger partial charge in [-0.15, -0.1) is 0 Å². The van der Waals surface area contributed by atoms with Gasteiger partial charge in [-0.25, -0.2) is 31.5 Å². The molecule has 0 saturated heterocycles. The van der Waals surface area contributed by atoms with Gasteiger partial charge in [-0.3, -0.25) is 4.72 Å². The SMILES string of the molecule is Cc1ccnc(NS(=O)(=O)c2ccc(NS(=O)(=O)Cc3ccccc3Cl)cc2)n1. The maximum atomic E-state index is 12.4. The largest absolute Gasteiger partial charge is 0.283 e. The smallest absolute Gasteiger partial charge is 0.264 e. The molecule has 2 N–H and O–H groups in total. The molecule has 0 radical (unpaired) electrons. The van der Waals surface area contributed by atoms with Crippen molar-refractivity contribution >= 4 is 43.3 Å². The monoisotopic (exact) mass is 452 g/mol. The molecule has 152 valence electrons. The third-order valence-corrected chi connectivity index (χ3v) is 6.71. The van der Waals surface area contributed by atoms with E-state index in [1.165, 1.54) is 30.5 Å². The molecule has 8 nitrogen and oxygen atoms in total. The van der Waals surface area contributed by atoms with Crippen molar-refractivity contribution in [3.63, 3.8) is 0 Å². The predicted molar refractivity (Wildman–Crippen MR) is 112 cm³/mol. The van der Waals surface area contributed by atoms with Crippen molar-refractivity contribution in [1.82, 2.24) is 9.97 Å². The molecule has 3 rings (SSSR count). The summed E-state index contributed by atoms with van der Waals surface area (Å²) < 4.78 is 54.3. The number of aromatic nitrogens is 2. The van der Waals surface area contributed by atoms with E-state index in [-0.39, 0.29) is 22.3 Å². The van der Waals surface area contributed by atoms with Crippen LogP contribution in [0.2, 0.25) is 5.02 Å². The maximum absolute atomic E-state index is 12.4. The maximum Gasteiger partial charge on any atom is 0.264 e. The summed E-state index contributed by atoms with van der Waals surface area (Å²) in [7, 11) is -7.65. The van der Waals surface area contributed by atoms with Gasteiger partial charge in [0.2, 0.25) is 16.0 Å². The number of anilines is 2. The summed E-state index contributed by atoms with van der Waals surface area (Å²) in [5, 5.41) is 0.351. The molecule has 0 bridgehead atoms. The molecule has 0 atom stereocenters. The van der Waals surface area contributed by atoms with Crippen LogP contribution in [0.15, 0.2) is 65.7 Å². The fraction of sp³-hybridized carbons (Fsp3) is 0.111. The fourth-order valence-corrected chi connectivity index (χ4v) is 4.88. The van der Waals surface area contributed by atoms with E-state index in [1.54, 1.807) is 37.3 Å². The molecule has 0 spiro atoms. The normalized spacial score (nSPS) is 11.8. The summed E-state index contributed by atoms with van der Waals surface area (Å²) in [5.41, 5.74) is 1.30. The summed E-state index contributed by atoms with van der Waals surface area (Å²) in [6.45, 7) is 1.71. The number of sulfonamides is 2. The lowest BCUT2D eigenvalue weighted by Crippen LogP contribution is -2.16. The van der Waals surface area contributed by atoms with Gasteiger partial charge in [0.15, 0.2) is 0 Å². The predicted octanol–water partition coefficient (Wildman–Crippen LogP) is 3.18. The second-order valence-electron chi connectivity index (χ2n) is 6.10.